The number of aryl methyl sites for hydroxylation is 2. The van der Waals surface area contributed by atoms with Crippen molar-refractivity contribution in [1.82, 2.24) is 5.43 Å². The molecule has 0 saturated carbocycles. The third kappa shape index (κ3) is 3.06. The van der Waals surface area contributed by atoms with Crippen molar-refractivity contribution in [2.75, 3.05) is 6.61 Å². The number of nitrogens with one attached hydrogen (secondary N) is 1. The molecule has 3 heteroatoms. The van der Waals surface area contributed by atoms with Crippen LogP contribution in [-0.2, 0) is 11.2 Å². The van der Waals surface area contributed by atoms with Crippen molar-refractivity contribution in [1.29, 1.82) is 0 Å². The first kappa shape index (κ1) is 12.6. The minimum Gasteiger partial charge on any atom is -0.377 e. The van der Waals surface area contributed by atoms with Gasteiger partial charge in [0.25, 0.3) is 0 Å². The fourth-order valence-electron chi connectivity index (χ4n) is 2.40. The second-order valence-electron chi connectivity index (χ2n) is 4.95. The topological polar surface area (TPSA) is 47.3 Å². The van der Waals surface area contributed by atoms with Crippen LogP contribution in [0.15, 0.2) is 18.2 Å². The lowest BCUT2D eigenvalue weighted by Gasteiger charge is -2.22. The van der Waals surface area contributed by atoms with Crippen molar-refractivity contribution >= 4 is 0 Å². The molecular formula is C14H22N2O. The van der Waals surface area contributed by atoms with Crippen molar-refractivity contribution in [2.45, 2.75) is 45.3 Å². The normalized spacial score (nSPS) is 21.7. The Morgan fingerprint density at radius 1 is 1.41 bits per heavy atom. The van der Waals surface area contributed by atoms with Gasteiger partial charge in [-0.2, -0.15) is 0 Å². The summed E-state index contributed by atoms with van der Waals surface area (Å²) < 4.78 is 5.69. The standard InChI is InChI=1S/C14H22N2O/c1-10-5-6-12(8-11(10)2)9-13(16-15)14-4-3-7-17-14/h5-6,8,13-14,16H,3-4,7,9,15H2,1-2H3. The molecule has 2 rings (SSSR count). The lowest BCUT2D eigenvalue weighted by atomic mass is 9.97. The Morgan fingerprint density at radius 2 is 2.24 bits per heavy atom. The van der Waals surface area contributed by atoms with Gasteiger partial charge in [-0.25, -0.2) is 0 Å². The van der Waals surface area contributed by atoms with E-state index in [-0.39, 0.29) is 12.1 Å². The highest BCUT2D eigenvalue weighted by Crippen LogP contribution is 2.19. The average molecular weight is 234 g/mol. The molecule has 1 aromatic carbocycles. The van der Waals surface area contributed by atoms with Gasteiger partial charge in [0, 0.05) is 6.61 Å². The first-order chi connectivity index (χ1) is 8.20. The van der Waals surface area contributed by atoms with Crippen molar-refractivity contribution in [3.05, 3.63) is 34.9 Å². The summed E-state index contributed by atoms with van der Waals surface area (Å²) in [6.07, 6.45) is 3.46. The highest BCUT2D eigenvalue weighted by atomic mass is 16.5. The minimum absolute atomic E-state index is 0.222. The molecule has 2 atom stereocenters. The summed E-state index contributed by atoms with van der Waals surface area (Å²) in [5.74, 6) is 5.64. The van der Waals surface area contributed by atoms with Crippen LogP contribution in [-0.4, -0.2) is 18.8 Å². The van der Waals surface area contributed by atoms with Crippen LogP contribution in [0.1, 0.15) is 29.5 Å². The summed E-state index contributed by atoms with van der Waals surface area (Å²) in [5.41, 5.74) is 6.90. The maximum atomic E-state index is 5.69. The molecular weight excluding hydrogens is 212 g/mol. The van der Waals surface area contributed by atoms with E-state index in [1.807, 2.05) is 0 Å². The van der Waals surface area contributed by atoms with E-state index >= 15 is 0 Å². The fourth-order valence-corrected chi connectivity index (χ4v) is 2.40. The molecule has 1 saturated heterocycles. The SMILES string of the molecule is Cc1ccc(CC(NN)C2CCCO2)cc1C. The molecule has 0 radical (unpaired) electrons. The second kappa shape index (κ2) is 5.63. The molecule has 1 heterocycles. The van der Waals surface area contributed by atoms with Gasteiger partial charge in [0.2, 0.25) is 0 Å². The number of hydrogen-bond donors (Lipinski definition) is 2. The van der Waals surface area contributed by atoms with Gasteiger partial charge in [-0.15, -0.1) is 0 Å². The van der Waals surface area contributed by atoms with E-state index in [1.54, 1.807) is 0 Å². The Morgan fingerprint density at radius 3 is 2.82 bits per heavy atom. The van der Waals surface area contributed by atoms with Crippen molar-refractivity contribution in [2.24, 2.45) is 5.84 Å². The van der Waals surface area contributed by atoms with Gasteiger partial charge in [0.1, 0.15) is 0 Å². The molecule has 0 bridgehead atoms. The third-order valence-corrected chi connectivity index (χ3v) is 3.65. The van der Waals surface area contributed by atoms with E-state index in [1.165, 1.54) is 16.7 Å². The Kier molecular flexibility index (Phi) is 4.15. The monoisotopic (exact) mass is 234 g/mol. The molecule has 1 aliphatic heterocycles. The molecule has 94 valence electrons. The Hall–Kier alpha value is -0.900. The maximum Gasteiger partial charge on any atom is 0.0745 e. The third-order valence-electron chi connectivity index (χ3n) is 3.65. The molecule has 3 N–H and O–H groups in total. The van der Waals surface area contributed by atoms with Crippen LogP contribution in [0.25, 0.3) is 0 Å². The van der Waals surface area contributed by atoms with Crippen LogP contribution in [0.3, 0.4) is 0 Å². The molecule has 0 aliphatic carbocycles. The van der Waals surface area contributed by atoms with Crippen LogP contribution in [0.5, 0.6) is 0 Å². The molecule has 0 aromatic heterocycles. The smallest absolute Gasteiger partial charge is 0.0745 e. The van der Waals surface area contributed by atoms with E-state index in [2.05, 4.69) is 37.5 Å². The first-order valence-corrected chi connectivity index (χ1v) is 6.34. The minimum atomic E-state index is 0.222. The second-order valence-corrected chi connectivity index (χ2v) is 4.95. The number of hydrazine groups is 1. The predicted molar refractivity (Wildman–Crippen MR) is 69.7 cm³/mol. The zero-order valence-corrected chi connectivity index (χ0v) is 10.7. The number of ether oxygens (including phenoxy) is 1. The van der Waals surface area contributed by atoms with E-state index in [9.17, 15) is 0 Å². The molecule has 1 aliphatic rings. The van der Waals surface area contributed by atoms with Crippen molar-refractivity contribution in [3.63, 3.8) is 0 Å². The first-order valence-electron chi connectivity index (χ1n) is 6.34. The lowest BCUT2D eigenvalue weighted by Crippen LogP contribution is -2.45. The number of rotatable bonds is 4. The van der Waals surface area contributed by atoms with Gasteiger partial charge < -0.3 is 4.74 Å². The van der Waals surface area contributed by atoms with Crippen molar-refractivity contribution in [3.8, 4) is 0 Å². The van der Waals surface area contributed by atoms with E-state index in [4.69, 9.17) is 10.6 Å². The van der Waals surface area contributed by atoms with Crippen LogP contribution < -0.4 is 11.3 Å². The molecule has 17 heavy (non-hydrogen) atoms. The molecule has 2 unspecified atom stereocenters. The fraction of sp³-hybridized carbons (Fsp3) is 0.571. The zero-order chi connectivity index (χ0) is 12.3. The molecule has 1 aromatic rings. The summed E-state index contributed by atoms with van der Waals surface area (Å²) in [6.45, 7) is 5.16. The van der Waals surface area contributed by atoms with E-state index in [0.29, 0.717) is 0 Å². The van der Waals surface area contributed by atoms with Crippen LogP contribution >= 0.6 is 0 Å². The molecule has 0 spiro atoms. The maximum absolute atomic E-state index is 5.69. The number of benzene rings is 1. The average Bonchev–Trinajstić information content (AvgIpc) is 2.84. The molecule has 3 nitrogen and oxygen atoms in total. The van der Waals surface area contributed by atoms with Gasteiger partial charge in [0.05, 0.1) is 12.1 Å². The van der Waals surface area contributed by atoms with Crippen LogP contribution in [0.2, 0.25) is 0 Å². The quantitative estimate of drug-likeness (QED) is 0.617. The Balaban J connectivity index is 2.04. The van der Waals surface area contributed by atoms with E-state index < -0.39 is 0 Å². The van der Waals surface area contributed by atoms with Crippen molar-refractivity contribution < 1.29 is 4.74 Å². The van der Waals surface area contributed by atoms with Gasteiger partial charge in [-0.05, 0) is 49.8 Å². The Labute approximate surface area is 103 Å². The largest absolute Gasteiger partial charge is 0.377 e. The van der Waals surface area contributed by atoms with Gasteiger partial charge in [-0.3, -0.25) is 11.3 Å². The highest BCUT2D eigenvalue weighted by molar-refractivity contribution is 5.30. The summed E-state index contributed by atoms with van der Waals surface area (Å²) in [5, 5.41) is 0. The predicted octanol–water partition coefficient (Wildman–Crippen LogP) is 1.86. The van der Waals surface area contributed by atoms with E-state index in [0.717, 1.165) is 25.9 Å². The summed E-state index contributed by atoms with van der Waals surface area (Å²) >= 11 is 0. The van der Waals surface area contributed by atoms with Crippen LogP contribution in [0.4, 0.5) is 0 Å². The van der Waals surface area contributed by atoms with Crippen LogP contribution in [0, 0.1) is 13.8 Å². The summed E-state index contributed by atoms with van der Waals surface area (Å²) in [6, 6.07) is 6.82. The molecule has 1 fully saturated rings. The number of hydrogen-bond acceptors (Lipinski definition) is 3. The molecule has 0 amide bonds. The summed E-state index contributed by atoms with van der Waals surface area (Å²) in [4.78, 5) is 0. The summed E-state index contributed by atoms with van der Waals surface area (Å²) in [7, 11) is 0. The highest BCUT2D eigenvalue weighted by Gasteiger charge is 2.25. The zero-order valence-electron chi connectivity index (χ0n) is 10.7. The van der Waals surface area contributed by atoms with Gasteiger partial charge in [0.15, 0.2) is 0 Å². The van der Waals surface area contributed by atoms with Gasteiger partial charge >= 0.3 is 0 Å². The Bertz CT molecular complexity index is 372. The number of nitrogens with two attached hydrogens (primary N) is 1. The van der Waals surface area contributed by atoms with Gasteiger partial charge in [-0.1, -0.05) is 18.2 Å². The lowest BCUT2D eigenvalue weighted by molar-refractivity contribution is 0.0784.